The number of rotatable bonds is 6. The first-order chi connectivity index (χ1) is 14.7. The molecule has 3 rings (SSSR count). The minimum atomic E-state index is -0.752. The van der Waals surface area contributed by atoms with Crippen molar-refractivity contribution in [1.82, 2.24) is 9.80 Å². The standard InChI is InChI=1S/C22H26ClFN4O3/c1-14-11-28(15(2)10-27(14)12-16-3-6-18(24)7-4-16)21(29)13-31-20-8-5-17(23)9-19(20)26-22(25)30/h3-9,14-15H,10-13H2,1-2H3,(H3,25,26,30). The molecule has 3 amide bonds. The maximum absolute atomic E-state index is 13.1. The van der Waals surface area contributed by atoms with Crippen molar-refractivity contribution in [3.8, 4) is 5.75 Å². The number of benzene rings is 2. The zero-order valence-corrected chi connectivity index (χ0v) is 18.2. The van der Waals surface area contributed by atoms with E-state index in [9.17, 15) is 14.0 Å². The Bertz CT molecular complexity index is 941. The third-order valence-corrected chi connectivity index (χ3v) is 5.52. The first kappa shape index (κ1) is 22.8. The quantitative estimate of drug-likeness (QED) is 0.708. The number of amides is 3. The Labute approximate surface area is 185 Å². The van der Waals surface area contributed by atoms with Crippen LogP contribution in [0.4, 0.5) is 14.9 Å². The summed E-state index contributed by atoms with van der Waals surface area (Å²) < 4.78 is 18.8. The molecule has 3 N–H and O–H groups in total. The maximum Gasteiger partial charge on any atom is 0.316 e. The molecule has 1 heterocycles. The normalized spacial score (nSPS) is 19.2. The summed E-state index contributed by atoms with van der Waals surface area (Å²) in [5.74, 6) is -0.0941. The van der Waals surface area contributed by atoms with E-state index >= 15 is 0 Å². The molecule has 0 spiro atoms. The Morgan fingerprint density at radius 2 is 1.87 bits per heavy atom. The highest BCUT2D eigenvalue weighted by Gasteiger charge is 2.32. The van der Waals surface area contributed by atoms with E-state index in [1.807, 2.05) is 6.92 Å². The highest BCUT2D eigenvalue weighted by atomic mass is 35.5. The Hall–Kier alpha value is -2.84. The van der Waals surface area contributed by atoms with Crippen molar-refractivity contribution in [3.63, 3.8) is 0 Å². The molecule has 1 aliphatic rings. The number of nitrogens with one attached hydrogen (secondary N) is 1. The van der Waals surface area contributed by atoms with Gasteiger partial charge in [0.2, 0.25) is 0 Å². The van der Waals surface area contributed by atoms with Gasteiger partial charge in [0.05, 0.1) is 5.69 Å². The monoisotopic (exact) mass is 448 g/mol. The molecular formula is C22H26ClFN4O3. The predicted octanol–water partition coefficient (Wildman–Crippen LogP) is 3.47. The summed E-state index contributed by atoms with van der Waals surface area (Å²) in [6.07, 6.45) is 0. The minimum absolute atomic E-state index is 0.0128. The first-order valence-electron chi connectivity index (χ1n) is 9.99. The van der Waals surface area contributed by atoms with Gasteiger partial charge in [-0.25, -0.2) is 9.18 Å². The Morgan fingerprint density at radius 3 is 2.55 bits per heavy atom. The van der Waals surface area contributed by atoms with Crippen LogP contribution in [0.1, 0.15) is 19.4 Å². The van der Waals surface area contributed by atoms with Gasteiger partial charge in [0.15, 0.2) is 6.61 Å². The lowest BCUT2D eigenvalue weighted by Crippen LogP contribution is -2.58. The van der Waals surface area contributed by atoms with Crippen LogP contribution in [0.3, 0.4) is 0 Å². The number of urea groups is 1. The van der Waals surface area contributed by atoms with E-state index in [1.165, 1.54) is 18.2 Å². The Balaban J connectivity index is 1.59. The second kappa shape index (κ2) is 9.98. The number of ether oxygens (including phenoxy) is 1. The molecule has 1 saturated heterocycles. The van der Waals surface area contributed by atoms with E-state index in [4.69, 9.17) is 22.1 Å². The van der Waals surface area contributed by atoms with E-state index in [1.54, 1.807) is 29.2 Å². The Kier molecular flexibility index (Phi) is 7.35. The summed E-state index contributed by atoms with van der Waals surface area (Å²) in [5, 5.41) is 2.84. The Morgan fingerprint density at radius 1 is 1.16 bits per heavy atom. The number of carbonyl (C=O) groups excluding carboxylic acids is 2. The summed E-state index contributed by atoms with van der Waals surface area (Å²) in [5.41, 5.74) is 6.51. The van der Waals surface area contributed by atoms with E-state index in [0.717, 1.165) is 5.56 Å². The van der Waals surface area contributed by atoms with Crippen molar-refractivity contribution in [2.24, 2.45) is 5.73 Å². The highest BCUT2D eigenvalue weighted by molar-refractivity contribution is 6.31. The van der Waals surface area contributed by atoms with Gasteiger partial charge >= 0.3 is 6.03 Å². The topological polar surface area (TPSA) is 87.9 Å². The number of nitrogens with two attached hydrogens (primary N) is 1. The summed E-state index contributed by atoms with van der Waals surface area (Å²) >= 11 is 5.95. The molecule has 2 aromatic rings. The van der Waals surface area contributed by atoms with Gasteiger partial charge in [-0.05, 0) is 49.7 Å². The highest BCUT2D eigenvalue weighted by Crippen LogP contribution is 2.28. The lowest BCUT2D eigenvalue weighted by molar-refractivity contribution is -0.139. The van der Waals surface area contributed by atoms with Gasteiger partial charge in [-0.3, -0.25) is 9.69 Å². The number of piperazine rings is 1. The SMILES string of the molecule is CC1CN(C(=O)COc2ccc(Cl)cc2NC(N)=O)C(C)CN1Cc1ccc(F)cc1. The third kappa shape index (κ3) is 6.08. The second-order valence-corrected chi connectivity index (χ2v) is 8.15. The number of carbonyl (C=O) groups is 2. The number of halogens is 2. The molecule has 0 aliphatic carbocycles. The lowest BCUT2D eigenvalue weighted by Gasteiger charge is -2.44. The fraction of sp³-hybridized carbons (Fsp3) is 0.364. The van der Waals surface area contributed by atoms with Crippen molar-refractivity contribution >= 4 is 29.2 Å². The smallest absolute Gasteiger partial charge is 0.316 e. The van der Waals surface area contributed by atoms with Gasteiger partial charge < -0.3 is 20.7 Å². The van der Waals surface area contributed by atoms with Crippen LogP contribution >= 0.6 is 11.6 Å². The van der Waals surface area contributed by atoms with E-state index < -0.39 is 6.03 Å². The van der Waals surface area contributed by atoms with Crippen LogP contribution in [0, 0.1) is 5.82 Å². The summed E-state index contributed by atoms with van der Waals surface area (Å²) in [6, 6.07) is 10.5. The molecule has 31 heavy (non-hydrogen) atoms. The van der Waals surface area contributed by atoms with Crippen LogP contribution in [0.5, 0.6) is 5.75 Å². The van der Waals surface area contributed by atoms with Crippen LogP contribution in [-0.2, 0) is 11.3 Å². The van der Waals surface area contributed by atoms with E-state index in [-0.39, 0.29) is 30.4 Å². The first-order valence-corrected chi connectivity index (χ1v) is 10.4. The molecule has 0 saturated carbocycles. The third-order valence-electron chi connectivity index (χ3n) is 5.28. The van der Waals surface area contributed by atoms with Crippen molar-refractivity contribution in [3.05, 3.63) is 58.9 Å². The molecule has 2 atom stereocenters. The van der Waals surface area contributed by atoms with E-state index in [0.29, 0.717) is 36.1 Å². The van der Waals surface area contributed by atoms with Crippen LogP contribution in [-0.4, -0.2) is 53.5 Å². The van der Waals surface area contributed by atoms with Crippen molar-refractivity contribution < 1.29 is 18.7 Å². The molecule has 0 aromatic heterocycles. The minimum Gasteiger partial charge on any atom is -0.482 e. The van der Waals surface area contributed by atoms with Crippen LogP contribution in [0.2, 0.25) is 5.02 Å². The molecule has 2 unspecified atom stereocenters. The number of hydrogen-bond acceptors (Lipinski definition) is 4. The molecule has 0 radical (unpaired) electrons. The van der Waals surface area contributed by atoms with Crippen molar-refractivity contribution in [1.29, 1.82) is 0 Å². The van der Waals surface area contributed by atoms with E-state index in [2.05, 4.69) is 17.1 Å². The molecule has 0 bridgehead atoms. The van der Waals surface area contributed by atoms with Gasteiger partial charge in [0, 0.05) is 36.7 Å². The molecule has 7 nitrogen and oxygen atoms in total. The second-order valence-electron chi connectivity index (χ2n) is 7.72. The maximum atomic E-state index is 13.1. The number of hydrogen-bond donors (Lipinski definition) is 2. The van der Waals surface area contributed by atoms with Gasteiger partial charge in [0.1, 0.15) is 11.6 Å². The van der Waals surface area contributed by atoms with Crippen LogP contribution < -0.4 is 15.8 Å². The number of primary amides is 1. The summed E-state index contributed by atoms with van der Waals surface area (Å²) in [6.45, 7) is 5.81. The zero-order chi connectivity index (χ0) is 22.5. The molecular weight excluding hydrogens is 423 g/mol. The number of nitrogens with zero attached hydrogens (tertiary/aromatic N) is 2. The summed E-state index contributed by atoms with van der Waals surface area (Å²) in [7, 11) is 0. The zero-order valence-electron chi connectivity index (χ0n) is 17.5. The van der Waals surface area contributed by atoms with Gasteiger partial charge in [-0.2, -0.15) is 0 Å². The lowest BCUT2D eigenvalue weighted by atomic mass is 10.1. The fourth-order valence-corrected chi connectivity index (χ4v) is 3.84. The predicted molar refractivity (Wildman–Crippen MR) is 118 cm³/mol. The molecule has 166 valence electrons. The molecule has 2 aromatic carbocycles. The van der Waals surface area contributed by atoms with Crippen LogP contribution in [0.15, 0.2) is 42.5 Å². The average molecular weight is 449 g/mol. The molecule has 1 fully saturated rings. The largest absolute Gasteiger partial charge is 0.482 e. The summed E-state index contributed by atoms with van der Waals surface area (Å²) in [4.78, 5) is 28.1. The fourth-order valence-electron chi connectivity index (χ4n) is 3.67. The molecule has 1 aliphatic heterocycles. The van der Waals surface area contributed by atoms with Gasteiger partial charge in [-0.1, -0.05) is 23.7 Å². The van der Waals surface area contributed by atoms with Crippen molar-refractivity contribution in [2.45, 2.75) is 32.5 Å². The van der Waals surface area contributed by atoms with Crippen molar-refractivity contribution in [2.75, 3.05) is 25.0 Å². The molecule has 9 heteroatoms. The van der Waals surface area contributed by atoms with Gasteiger partial charge in [0.25, 0.3) is 5.91 Å². The average Bonchev–Trinajstić information content (AvgIpc) is 2.71. The van der Waals surface area contributed by atoms with Gasteiger partial charge in [-0.15, -0.1) is 0 Å². The van der Waals surface area contributed by atoms with Crippen LogP contribution in [0.25, 0.3) is 0 Å². The number of anilines is 1.